The second-order valence-electron chi connectivity index (χ2n) is 4.23. The maximum Gasteiger partial charge on any atom is 0.251 e. The molecule has 0 heterocycles. The van der Waals surface area contributed by atoms with E-state index in [0.717, 1.165) is 0 Å². The highest BCUT2D eigenvalue weighted by Gasteiger charge is 2.12. The summed E-state index contributed by atoms with van der Waals surface area (Å²) in [5.74, 6) is -0.521. The SMILES string of the molecule is CNCCN(C)C(=O)CNC(=O)c1ccc(Cl)c(Cl)c1. The topological polar surface area (TPSA) is 61.4 Å². The molecule has 0 saturated carbocycles. The summed E-state index contributed by atoms with van der Waals surface area (Å²) in [5.41, 5.74) is 0.366. The van der Waals surface area contributed by atoms with Crippen molar-refractivity contribution < 1.29 is 9.59 Å². The lowest BCUT2D eigenvalue weighted by Gasteiger charge is -2.17. The molecule has 7 heteroatoms. The predicted octanol–water partition coefficient (Wildman–Crippen LogP) is 1.40. The first-order valence-corrected chi connectivity index (χ1v) is 6.83. The van der Waals surface area contributed by atoms with E-state index in [1.54, 1.807) is 24.1 Å². The largest absolute Gasteiger partial charge is 0.343 e. The molecular formula is C13H17Cl2N3O2. The molecule has 0 radical (unpaired) electrons. The molecule has 0 unspecified atom stereocenters. The van der Waals surface area contributed by atoms with Gasteiger partial charge in [-0.15, -0.1) is 0 Å². The van der Waals surface area contributed by atoms with Gasteiger partial charge in [-0.05, 0) is 25.2 Å². The number of nitrogens with one attached hydrogen (secondary N) is 2. The smallest absolute Gasteiger partial charge is 0.251 e. The number of rotatable bonds is 6. The van der Waals surface area contributed by atoms with Crippen molar-refractivity contribution in [1.29, 1.82) is 0 Å². The van der Waals surface area contributed by atoms with E-state index in [1.807, 2.05) is 7.05 Å². The average Bonchev–Trinajstić information content (AvgIpc) is 2.44. The fraction of sp³-hybridized carbons (Fsp3) is 0.385. The van der Waals surface area contributed by atoms with Crippen LogP contribution in [0.15, 0.2) is 18.2 Å². The monoisotopic (exact) mass is 317 g/mol. The standard InChI is InChI=1S/C13H17Cl2N3O2/c1-16-5-6-18(2)12(19)8-17-13(20)9-3-4-10(14)11(15)7-9/h3-4,7,16H,5-6,8H2,1-2H3,(H,17,20). The molecule has 0 aliphatic rings. The molecule has 0 aromatic heterocycles. The molecule has 0 saturated heterocycles. The van der Waals surface area contributed by atoms with Gasteiger partial charge in [0.25, 0.3) is 5.91 Å². The predicted molar refractivity (Wildman–Crippen MR) is 80.4 cm³/mol. The quantitative estimate of drug-likeness (QED) is 0.833. The third-order valence-electron chi connectivity index (χ3n) is 2.70. The Labute approximate surface area is 128 Å². The highest BCUT2D eigenvalue weighted by molar-refractivity contribution is 6.42. The van der Waals surface area contributed by atoms with Crippen LogP contribution in [0.4, 0.5) is 0 Å². The van der Waals surface area contributed by atoms with Crippen LogP contribution in [0.3, 0.4) is 0 Å². The summed E-state index contributed by atoms with van der Waals surface area (Å²) in [6.07, 6.45) is 0. The summed E-state index contributed by atoms with van der Waals surface area (Å²) < 4.78 is 0. The fourth-order valence-corrected chi connectivity index (χ4v) is 1.73. The van der Waals surface area contributed by atoms with Crippen molar-refractivity contribution in [3.05, 3.63) is 33.8 Å². The molecule has 110 valence electrons. The van der Waals surface area contributed by atoms with Gasteiger partial charge in [0.2, 0.25) is 5.91 Å². The van der Waals surface area contributed by atoms with Crippen molar-refractivity contribution in [1.82, 2.24) is 15.5 Å². The van der Waals surface area contributed by atoms with Crippen LogP contribution in [0.1, 0.15) is 10.4 Å². The van der Waals surface area contributed by atoms with Gasteiger partial charge < -0.3 is 15.5 Å². The first-order valence-electron chi connectivity index (χ1n) is 6.07. The molecule has 5 nitrogen and oxygen atoms in total. The average molecular weight is 318 g/mol. The second kappa shape index (κ2) is 8.09. The van der Waals surface area contributed by atoms with Crippen molar-refractivity contribution in [3.8, 4) is 0 Å². The molecule has 2 amide bonds. The Hall–Kier alpha value is -1.30. The third kappa shape index (κ3) is 5.00. The zero-order valence-electron chi connectivity index (χ0n) is 11.4. The summed E-state index contributed by atoms with van der Waals surface area (Å²) in [6.45, 7) is 1.22. The second-order valence-corrected chi connectivity index (χ2v) is 5.04. The van der Waals surface area contributed by atoms with Crippen LogP contribution in [0.5, 0.6) is 0 Å². The van der Waals surface area contributed by atoms with Gasteiger partial charge in [0.1, 0.15) is 0 Å². The molecule has 0 aliphatic heterocycles. The fourth-order valence-electron chi connectivity index (χ4n) is 1.43. The minimum absolute atomic E-state index is 0.0563. The lowest BCUT2D eigenvalue weighted by molar-refractivity contribution is -0.128. The maximum atomic E-state index is 11.9. The van der Waals surface area contributed by atoms with Gasteiger partial charge in [-0.25, -0.2) is 0 Å². The Morgan fingerprint density at radius 1 is 1.25 bits per heavy atom. The van der Waals surface area contributed by atoms with Crippen LogP contribution in [0.25, 0.3) is 0 Å². The number of amides is 2. The number of likely N-dealkylation sites (N-methyl/N-ethyl adjacent to an activating group) is 2. The van der Waals surface area contributed by atoms with Gasteiger partial charge in [0, 0.05) is 25.7 Å². The lowest BCUT2D eigenvalue weighted by atomic mass is 10.2. The molecule has 2 N–H and O–H groups in total. The van der Waals surface area contributed by atoms with Gasteiger partial charge in [-0.2, -0.15) is 0 Å². The number of benzene rings is 1. The van der Waals surface area contributed by atoms with Gasteiger partial charge in [0.05, 0.1) is 16.6 Å². The van der Waals surface area contributed by atoms with Crippen LogP contribution in [0.2, 0.25) is 10.0 Å². The Morgan fingerprint density at radius 2 is 1.95 bits per heavy atom. The highest BCUT2D eigenvalue weighted by atomic mass is 35.5. The third-order valence-corrected chi connectivity index (χ3v) is 3.44. The number of halogens is 2. The first-order chi connectivity index (χ1) is 9.45. The minimum atomic E-state index is -0.362. The van der Waals surface area contributed by atoms with Crippen LogP contribution in [-0.2, 0) is 4.79 Å². The molecule has 20 heavy (non-hydrogen) atoms. The van der Waals surface area contributed by atoms with E-state index in [0.29, 0.717) is 28.7 Å². The summed E-state index contributed by atoms with van der Waals surface area (Å²) in [7, 11) is 3.50. The molecular weight excluding hydrogens is 301 g/mol. The lowest BCUT2D eigenvalue weighted by Crippen LogP contribution is -2.40. The van der Waals surface area contributed by atoms with Crippen molar-refractivity contribution >= 4 is 35.0 Å². The molecule has 0 atom stereocenters. The Bertz CT molecular complexity index is 495. The molecule has 0 spiro atoms. The Balaban J connectivity index is 2.50. The number of carbonyl (C=O) groups is 2. The van der Waals surface area contributed by atoms with Gasteiger partial charge >= 0.3 is 0 Å². The molecule has 0 bridgehead atoms. The summed E-state index contributed by atoms with van der Waals surface area (Å²) in [4.78, 5) is 25.1. The van der Waals surface area contributed by atoms with Gasteiger partial charge in [-0.1, -0.05) is 23.2 Å². The summed E-state index contributed by atoms with van der Waals surface area (Å²) in [6, 6.07) is 4.56. The van der Waals surface area contributed by atoms with Crippen LogP contribution < -0.4 is 10.6 Å². The van der Waals surface area contributed by atoms with Crippen LogP contribution >= 0.6 is 23.2 Å². The summed E-state index contributed by atoms with van der Waals surface area (Å²) in [5, 5.41) is 6.18. The Morgan fingerprint density at radius 3 is 2.55 bits per heavy atom. The number of hydrogen-bond donors (Lipinski definition) is 2. The van der Waals surface area contributed by atoms with E-state index >= 15 is 0 Å². The number of nitrogens with zero attached hydrogens (tertiary/aromatic N) is 1. The Kier molecular flexibility index (Phi) is 6.78. The van der Waals surface area contributed by atoms with Crippen molar-refractivity contribution in [2.45, 2.75) is 0 Å². The molecule has 1 aromatic carbocycles. The zero-order chi connectivity index (χ0) is 15.1. The molecule has 0 fully saturated rings. The summed E-state index contributed by atoms with van der Waals surface area (Å²) >= 11 is 11.6. The van der Waals surface area contributed by atoms with Crippen LogP contribution in [-0.4, -0.2) is 50.4 Å². The van der Waals surface area contributed by atoms with E-state index in [-0.39, 0.29) is 18.4 Å². The zero-order valence-corrected chi connectivity index (χ0v) is 12.9. The van der Waals surface area contributed by atoms with E-state index in [4.69, 9.17) is 23.2 Å². The first kappa shape index (κ1) is 16.8. The molecule has 1 rings (SSSR count). The normalized spacial score (nSPS) is 10.2. The minimum Gasteiger partial charge on any atom is -0.343 e. The highest BCUT2D eigenvalue weighted by Crippen LogP contribution is 2.22. The van der Waals surface area contributed by atoms with E-state index in [1.165, 1.54) is 6.07 Å². The number of hydrogen-bond acceptors (Lipinski definition) is 3. The van der Waals surface area contributed by atoms with Crippen LogP contribution in [0, 0.1) is 0 Å². The molecule has 1 aromatic rings. The van der Waals surface area contributed by atoms with E-state index in [9.17, 15) is 9.59 Å². The van der Waals surface area contributed by atoms with Gasteiger partial charge in [-0.3, -0.25) is 9.59 Å². The van der Waals surface area contributed by atoms with Crippen molar-refractivity contribution in [3.63, 3.8) is 0 Å². The molecule has 0 aliphatic carbocycles. The van der Waals surface area contributed by atoms with Crippen molar-refractivity contribution in [2.75, 3.05) is 33.7 Å². The van der Waals surface area contributed by atoms with Gasteiger partial charge in [0.15, 0.2) is 0 Å². The number of carbonyl (C=O) groups excluding carboxylic acids is 2. The van der Waals surface area contributed by atoms with E-state index in [2.05, 4.69) is 10.6 Å². The van der Waals surface area contributed by atoms with Crippen molar-refractivity contribution in [2.24, 2.45) is 0 Å². The maximum absolute atomic E-state index is 11.9. The van der Waals surface area contributed by atoms with E-state index < -0.39 is 0 Å².